The normalized spacial score (nSPS) is 9.42. The van der Waals surface area contributed by atoms with Gasteiger partial charge in [-0.3, -0.25) is 4.79 Å². The van der Waals surface area contributed by atoms with E-state index in [9.17, 15) is 9.59 Å². The number of rotatable bonds is 2. The maximum atomic E-state index is 10.4. The molecule has 0 aliphatic carbocycles. The number of aromatic carboxylic acids is 1. The highest BCUT2D eigenvalue weighted by Gasteiger charge is 2.10. The molecule has 0 aliphatic rings. The molecule has 0 fully saturated rings. The van der Waals surface area contributed by atoms with Gasteiger partial charge in [0.15, 0.2) is 0 Å². The van der Waals surface area contributed by atoms with Crippen molar-refractivity contribution in [3.05, 3.63) is 17.9 Å². The van der Waals surface area contributed by atoms with Crippen molar-refractivity contribution in [2.75, 3.05) is 0 Å². The molecular formula is C7H6O5. The van der Waals surface area contributed by atoms with Crippen molar-refractivity contribution in [3.63, 3.8) is 0 Å². The topological polar surface area (TPSA) is 76.7 Å². The van der Waals surface area contributed by atoms with Crippen molar-refractivity contribution in [1.82, 2.24) is 0 Å². The average molecular weight is 170 g/mol. The van der Waals surface area contributed by atoms with Crippen molar-refractivity contribution < 1.29 is 23.8 Å². The minimum Gasteiger partial charge on any atom is -0.475 e. The first-order valence-electron chi connectivity index (χ1n) is 3.11. The van der Waals surface area contributed by atoms with E-state index in [4.69, 9.17) is 5.11 Å². The Balaban J connectivity index is 2.77. The van der Waals surface area contributed by atoms with Crippen LogP contribution >= 0.6 is 0 Å². The molecule has 5 heteroatoms. The zero-order valence-electron chi connectivity index (χ0n) is 6.23. The average Bonchev–Trinajstić information content (AvgIpc) is 2.34. The number of furan rings is 1. The third-order valence-electron chi connectivity index (χ3n) is 1.04. The molecule has 0 aliphatic heterocycles. The van der Waals surface area contributed by atoms with Crippen LogP contribution in [0, 0.1) is 0 Å². The molecule has 0 unspecified atom stereocenters. The van der Waals surface area contributed by atoms with Gasteiger partial charge >= 0.3 is 11.9 Å². The van der Waals surface area contributed by atoms with E-state index >= 15 is 0 Å². The molecule has 5 nitrogen and oxygen atoms in total. The summed E-state index contributed by atoms with van der Waals surface area (Å²) in [5.74, 6) is -2.12. The molecule has 0 radical (unpaired) electrons. The van der Waals surface area contributed by atoms with Gasteiger partial charge in [-0.1, -0.05) is 0 Å². The van der Waals surface area contributed by atoms with E-state index in [0.29, 0.717) is 0 Å². The highest BCUT2D eigenvalue weighted by Crippen LogP contribution is 2.15. The third-order valence-corrected chi connectivity index (χ3v) is 1.04. The molecule has 12 heavy (non-hydrogen) atoms. The number of hydrogen-bond acceptors (Lipinski definition) is 4. The number of carbonyl (C=O) groups is 2. The number of ether oxygens (including phenoxy) is 1. The molecule has 0 saturated heterocycles. The van der Waals surface area contributed by atoms with E-state index in [1.165, 1.54) is 19.1 Å². The fourth-order valence-electron chi connectivity index (χ4n) is 0.632. The number of carbonyl (C=O) groups excluding carboxylic acids is 1. The Bertz CT molecular complexity index is 311. The molecule has 1 aromatic rings. The molecule has 1 heterocycles. The predicted molar refractivity (Wildman–Crippen MR) is 37.0 cm³/mol. The zero-order valence-corrected chi connectivity index (χ0v) is 6.23. The SMILES string of the molecule is CC(=O)Oc1ccc(C(=O)O)o1. The first-order valence-corrected chi connectivity index (χ1v) is 3.11. The highest BCUT2D eigenvalue weighted by atomic mass is 16.6. The summed E-state index contributed by atoms with van der Waals surface area (Å²) in [6.45, 7) is 1.20. The fourth-order valence-corrected chi connectivity index (χ4v) is 0.632. The smallest absolute Gasteiger partial charge is 0.371 e. The van der Waals surface area contributed by atoms with Crippen molar-refractivity contribution in [2.24, 2.45) is 0 Å². The minimum atomic E-state index is -1.20. The second-order valence-corrected chi connectivity index (χ2v) is 2.02. The van der Waals surface area contributed by atoms with Crippen LogP contribution in [0.25, 0.3) is 0 Å². The zero-order chi connectivity index (χ0) is 9.14. The molecule has 0 spiro atoms. The number of esters is 1. The van der Waals surface area contributed by atoms with Crippen LogP contribution in [0.2, 0.25) is 0 Å². The van der Waals surface area contributed by atoms with Crippen molar-refractivity contribution in [1.29, 1.82) is 0 Å². The summed E-state index contributed by atoms with van der Waals surface area (Å²) >= 11 is 0. The van der Waals surface area contributed by atoms with Gasteiger partial charge in [-0.25, -0.2) is 4.79 Å². The van der Waals surface area contributed by atoms with Crippen LogP contribution in [-0.2, 0) is 4.79 Å². The van der Waals surface area contributed by atoms with Crippen molar-refractivity contribution in [3.8, 4) is 5.95 Å². The van der Waals surface area contributed by atoms with Gasteiger partial charge in [0.2, 0.25) is 5.76 Å². The van der Waals surface area contributed by atoms with Gasteiger partial charge in [0, 0.05) is 13.0 Å². The van der Waals surface area contributed by atoms with Gasteiger partial charge in [-0.2, -0.15) is 0 Å². The molecule has 1 rings (SSSR count). The van der Waals surface area contributed by atoms with Crippen LogP contribution < -0.4 is 4.74 Å². The lowest BCUT2D eigenvalue weighted by Gasteiger charge is -1.92. The largest absolute Gasteiger partial charge is 0.475 e. The van der Waals surface area contributed by atoms with Crippen molar-refractivity contribution in [2.45, 2.75) is 6.92 Å². The molecule has 64 valence electrons. The second-order valence-electron chi connectivity index (χ2n) is 2.02. The fraction of sp³-hybridized carbons (Fsp3) is 0.143. The van der Waals surface area contributed by atoms with Crippen LogP contribution in [0.4, 0.5) is 0 Å². The quantitative estimate of drug-likeness (QED) is 0.667. The second kappa shape index (κ2) is 3.08. The van der Waals surface area contributed by atoms with E-state index in [2.05, 4.69) is 9.15 Å². The molecule has 0 aromatic carbocycles. The van der Waals surface area contributed by atoms with Crippen LogP contribution in [-0.4, -0.2) is 17.0 Å². The lowest BCUT2D eigenvalue weighted by Crippen LogP contribution is -2.00. The van der Waals surface area contributed by atoms with E-state index in [0.717, 1.165) is 0 Å². The maximum Gasteiger partial charge on any atom is 0.371 e. The van der Waals surface area contributed by atoms with Gasteiger partial charge in [-0.05, 0) is 6.07 Å². The Morgan fingerprint density at radius 2 is 2.17 bits per heavy atom. The van der Waals surface area contributed by atoms with Crippen LogP contribution in [0.3, 0.4) is 0 Å². The lowest BCUT2D eigenvalue weighted by molar-refractivity contribution is -0.133. The van der Waals surface area contributed by atoms with Gasteiger partial charge in [0.25, 0.3) is 5.95 Å². The van der Waals surface area contributed by atoms with E-state index in [-0.39, 0.29) is 11.7 Å². The first kappa shape index (κ1) is 8.32. The van der Waals surface area contributed by atoms with Crippen molar-refractivity contribution >= 4 is 11.9 Å². The summed E-state index contributed by atoms with van der Waals surface area (Å²) in [6, 6.07) is 2.48. The predicted octanol–water partition coefficient (Wildman–Crippen LogP) is 0.903. The van der Waals surface area contributed by atoms with E-state index in [1.807, 2.05) is 0 Å². The summed E-state index contributed by atoms with van der Waals surface area (Å²) in [6.07, 6.45) is 0. The Hall–Kier alpha value is -1.78. The maximum absolute atomic E-state index is 10.4. The molecule has 0 atom stereocenters. The Labute approximate surface area is 67.6 Å². The van der Waals surface area contributed by atoms with Crippen LogP contribution in [0.1, 0.15) is 17.5 Å². The van der Waals surface area contributed by atoms with Crippen LogP contribution in [0.5, 0.6) is 5.95 Å². The first-order chi connectivity index (χ1) is 5.59. The molecule has 1 aromatic heterocycles. The van der Waals surface area contributed by atoms with Crippen LogP contribution in [0.15, 0.2) is 16.5 Å². The summed E-state index contributed by atoms with van der Waals surface area (Å²) in [5, 5.41) is 8.40. The molecule has 0 bridgehead atoms. The lowest BCUT2D eigenvalue weighted by atomic mass is 10.5. The third kappa shape index (κ3) is 1.85. The highest BCUT2D eigenvalue weighted by molar-refractivity contribution is 5.84. The Morgan fingerprint density at radius 3 is 2.58 bits per heavy atom. The van der Waals surface area contributed by atoms with Gasteiger partial charge in [0.05, 0.1) is 0 Å². The monoisotopic (exact) mass is 170 g/mol. The number of hydrogen-bond donors (Lipinski definition) is 1. The molecule has 0 amide bonds. The Morgan fingerprint density at radius 1 is 1.50 bits per heavy atom. The summed E-state index contributed by atoms with van der Waals surface area (Å²) in [5.41, 5.74) is 0. The van der Waals surface area contributed by atoms with Gasteiger partial charge in [-0.15, -0.1) is 0 Å². The van der Waals surface area contributed by atoms with Gasteiger partial charge < -0.3 is 14.3 Å². The summed E-state index contributed by atoms with van der Waals surface area (Å²) in [4.78, 5) is 20.6. The summed E-state index contributed by atoms with van der Waals surface area (Å²) in [7, 11) is 0. The minimum absolute atomic E-state index is 0.111. The number of carboxylic acid groups (broad SMARTS) is 1. The molecule has 0 saturated carbocycles. The molecular weight excluding hydrogens is 164 g/mol. The molecule has 1 N–H and O–H groups in total. The van der Waals surface area contributed by atoms with E-state index in [1.54, 1.807) is 0 Å². The standard InChI is InChI=1S/C7H6O5/c1-4(8)11-6-3-2-5(12-6)7(9)10/h2-3H,1H3,(H,9,10). The van der Waals surface area contributed by atoms with E-state index < -0.39 is 11.9 Å². The van der Waals surface area contributed by atoms with Gasteiger partial charge in [0.1, 0.15) is 0 Å². The summed E-state index contributed by atoms with van der Waals surface area (Å²) < 4.78 is 9.09. The number of carboxylic acids is 1. The Kier molecular flexibility index (Phi) is 2.14.